The number of hydrogen-bond acceptors (Lipinski definition) is 4. The first-order chi connectivity index (χ1) is 4.79. The number of rotatable bonds is 0. The first-order valence-corrected chi connectivity index (χ1v) is 4.07. The molecule has 0 fully saturated rings. The molecule has 10 heavy (non-hydrogen) atoms. The summed E-state index contributed by atoms with van der Waals surface area (Å²) in [6.45, 7) is 3.34. The third-order valence-electron chi connectivity index (χ3n) is 1.11. The van der Waals surface area contributed by atoms with E-state index in [4.69, 9.17) is 0 Å². The lowest BCUT2D eigenvalue weighted by Gasteiger charge is -2.11. The highest BCUT2D eigenvalue weighted by atomic mass is 32.2. The lowest BCUT2D eigenvalue weighted by atomic mass is 10.4. The van der Waals surface area contributed by atoms with Gasteiger partial charge in [0.2, 0.25) is 0 Å². The van der Waals surface area contributed by atoms with Crippen LogP contribution in [0.25, 0.3) is 0 Å². The number of nitrogens with one attached hydrogen (secondary N) is 1. The van der Waals surface area contributed by atoms with Gasteiger partial charge in [0.1, 0.15) is 0 Å². The van der Waals surface area contributed by atoms with E-state index in [9.17, 15) is 4.79 Å². The lowest BCUT2D eigenvalue weighted by Crippen LogP contribution is -2.27. The normalized spacial score (nSPS) is 17.5. The molecule has 1 aliphatic rings. The first kappa shape index (κ1) is 7.60. The van der Waals surface area contributed by atoms with Crippen molar-refractivity contribution in [2.24, 2.45) is 4.99 Å². The monoisotopic (exact) mass is 158 g/mol. The van der Waals surface area contributed by atoms with Crippen molar-refractivity contribution in [3.8, 4) is 0 Å². The molecule has 0 saturated heterocycles. The van der Waals surface area contributed by atoms with Crippen molar-refractivity contribution in [2.75, 3.05) is 13.1 Å². The van der Waals surface area contributed by atoms with E-state index in [1.807, 2.05) is 0 Å². The number of aliphatic imine (C=N–C) groups is 1. The summed E-state index contributed by atoms with van der Waals surface area (Å²) in [7, 11) is 0. The van der Waals surface area contributed by atoms with E-state index < -0.39 is 0 Å². The molecule has 1 rings (SSSR count). The number of thioether (sulfide) groups is 1. The predicted octanol–water partition coefficient (Wildman–Crippen LogP) is 0.615. The zero-order valence-corrected chi connectivity index (χ0v) is 6.70. The second-order valence-corrected chi connectivity index (χ2v) is 3.23. The fraction of sp³-hybridized carbons (Fsp3) is 0.667. The van der Waals surface area contributed by atoms with Crippen LogP contribution in [0.1, 0.15) is 13.3 Å². The quantitative estimate of drug-likeness (QED) is 0.561. The summed E-state index contributed by atoms with van der Waals surface area (Å²) < 4.78 is 0. The smallest absolute Gasteiger partial charge is 0.193 e. The molecule has 1 aliphatic heterocycles. The van der Waals surface area contributed by atoms with Crippen molar-refractivity contribution in [3.63, 3.8) is 0 Å². The average molecular weight is 158 g/mol. The summed E-state index contributed by atoms with van der Waals surface area (Å²) in [4.78, 5) is 14.7. The fourth-order valence-corrected chi connectivity index (χ4v) is 1.32. The van der Waals surface area contributed by atoms with Gasteiger partial charge in [-0.2, -0.15) is 0 Å². The Hall–Kier alpha value is -0.510. The molecule has 0 aromatic carbocycles. The Morgan fingerprint density at radius 1 is 1.80 bits per heavy atom. The van der Waals surface area contributed by atoms with Gasteiger partial charge in [0, 0.05) is 20.0 Å². The molecule has 0 spiro atoms. The van der Waals surface area contributed by atoms with Crippen LogP contribution in [0.3, 0.4) is 0 Å². The van der Waals surface area contributed by atoms with Gasteiger partial charge in [-0.05, 0) is 18.2 Å². The maximum atomic E-state index is 10.6. The van der Waals surface area contributed by atoms with Gasteiger partial charge < -0.3 is 5.32 Å². The Balaban J connectivity index is 2.38. The highest BCUT2D eigenvalue weighted by Crippen LogP contribution is 2.05. The predicted molar refractivity (Wildman–Crippen MR) is 43.2 cm³/mol. The summed E-state index contributed by atoms with van der Waals surface area (Å²) in [5.74, 6) is 0. The summed E-state index contributed by atoms with van der Waals surface area (Å²) in [5.41, 5.74) is 0. The van der Waals surface area contributed by atoms with Crippen LogP contribution >= 0.6 is 11.8 Å². The first-order valence-electron chi connectivity index (χ1n) is 3.26. The van der Waals surface area contributed by atoms with Gasteiger partial charge >= 0.3 is 0 Å². The number of nitrogens with zero attached hydrogens (tertiary/aromatic N) is 1. The van der Waals surface area contributed by atoms with E-state index in [0.717, 1.165) is 24.7 Å². The van der Waals surface area contributed by atoms with Crippen molar-refractivity contribution in [2.45, 2.75) is 13.3 Å². The molecule has 56 valence electrons. The van der Waals surface area contributed by atoms with E-state index in [2.05, 4.69) is 10.3 Å². The molecule has 0 aromatic heterocycles. The number of hydrogen-bond donors (Lipinski definition) is 1. The van der Waals surface area contributed by atoms with Gasteiger partial charge in [0.05, 0.1) is 0 Å². The molecule has 1 heterocycles. The summed E-state index contributed by atoms with van der Waals surface area (Å²) in [6, 6.07) is 0. The highest BCUT2D eigenvalue weighted by molar-refractivity contribution is 8.26. The van der Waals surface area contributed by atoms with Gasteiger partial charge in [-0.15, -0.1) is 0 Å². The molecule has 0 atom stereocenters. The van der Waals surface area contributed by atoms with Gasteiger partial charge in [-0.3, -0.25) is 9.79 Å². The molecular formula is C6H10N2OS. The standard InChI is InChI=1S/C6H10N2OS/c1-5(9)10-6-7-3-2-4-8-6/h2-4H2,1H3,(H,7,8). The molecule has 0 bridgehead atoms. The van der Waals surface area contributed by atoms with Crippen LogP contribution in [-0.2, 0) is 4.79 Å². The summed E-state index contributed by atoms with van der Waals surface area (Å²) in [6.07, 6.45) is 1.07. The summed E-state index contributed by atoms with van der Waals surface area (Å²) in [5, 5.41) is 3.91. The highest BCUT2D eigenvalue weighted by Gasteiger charge is 2.05. The van der Waals surface area contributed by atoms with Crippen LogP contribution in [0.4, 0.5) is 0 Å². The third-order valence-corrected chi connectivity index (χ3v) is 1.86. The Labute approximate surface area is 64.3 Å². The van der Waals surface area contributed by atoms with Crippen LogP contribution in [0, 0.1) is 0 Å². The number of amidine groups is 1. The molecule has 0 aromatic rings. The second kappa shape index (κ2) is 3.61. The average Bonchev–Trinajstić information content (AvgIpc) is 1.88. The lowest BCUT2D eigenvalue weighted by molar-refractivity contribution is -0.109. The zero-order valence-electron chi connectivity index (χ0n) is 5.89. The van der Waals surface area contributed by atoms with E-state index >= 15 is 0 Å². The molecule has 0 unspecified atom stereocenters. The van der Waals surface area contributed by atoms with Crippen LogP contribution in [0.2, 0.25) is 0 Å². The van der Waals surface area contributed by atoms with E-state index in [1.54, 1.807) is 6.92 Å². The van der Waals surface area contributed by atoms with Gasteiger partial charge in [0.15, 0.2) is 10.3 Å². The van der Waals surface area contributed by atoms with E-state index in [0.29, 0.717) is 0 Å². The van der Waals surface area contributed by atoms with Crippen molar-refractivity contribution >= 4 is 22.0 Å². The molecule has 0 saturated carbocycles. The molecule has 0 radical (unpaired) electrons. The van der Waals surface area contributed by atoms with Gasteiger partial charge in [0.25, 0.3) is 0 Å². The minimum atomic E-state index is 0.0909. The second-order valence-electron chi connectivity index (χ2n) is 2.06. The van der Waals surface area contributed by atoms with Gasteiger partial charge in [-0.25, -0.2) is 0 Å². The fourth-order valence-electron chi connectivity index (χ4n) is 0.715. The molecule has 0 aliphatic carbocycles. The zero-order chi connectivity index (χ0) is 7.40. The molecular weight excluding hydrogens is 148 g/mol. The maximum absolute atomic E-state index is 10.6. The van der Waals surface area contributed by atoms with Crippen LogP contribution < -0.4 is 5.32 Å². The number of carbonyl (C=O) groups is 1. The van der Waals surface area contributed by atoms with Crippen molar-refractivity contribution in [1.82, 2.24) is 5.32 Å². The summed E-state index contributed by atoms with van der Waals surface area (Å²) >= 11 is 1.18. The minimum absolute atomic E-state index is 0.0909. The maximum Gasteiger partial charge on any atom is 0.193 e. The van der Waals surface area contributed by atoms with Crippen molar-refractivity contribution < 1.29 is 4.79 Å². The Kier molecular flexibility index (Phi) is 2.74. The largest absolute Gasteiger partial charge is 0.364 e. The van der Waals surface area contributed by atoms with Crippen LogP contribution in [0.5, 0.6) is 0 Å². The topological polar surface area (TPSA) is 41.5 Å². The minimum Gasteiger partial charge on any atom is -0.364 e. The molecule has 4 heteroatoms. The Morgan fingerprint density at radius 2 is 2.60 bits per heavy atom. The van der Waals surface area contributed by atoms with E-state index in [-0.39, 0.29) is 5.12 Å². The Morgan fingerprint density at radius 3 is 3.10 bits per heavy atom. The third kappa shape index (κ3) is 2.39. The van der Waals surface area contributed by atoms with Crippen LogP contribution in [0.15, 0.2) is 4.99 Å². The molecule has 0 amide bonds. The number of carbonyl (C=O) groups excluding carboxylic acids is 1. The van der Waals surface area contributed by atoms with Gasteiger partial charge in [-0.1, -0.05) is 0 Å². The SMILES string of the molecule is CC(=O)SC1=NCCCN1. The molecule has 3 nitrogen and oxygen atoms in total. The van der Waals surface area contributed by atoms with E-state index in [1.165, 1.54) is 11.8 Å². The van der Waals surface area contributed by atoms with Crippen molar-refractivity contribution in [3.05, 3.63) is 0 Å². The van der Waals surface area contributed by atoms with Crippen molar-refractivity contribution in [1.29, 1.82) is 0 Å². The Bertz CT molecular complexity index is 167. The molecule has 1 N–H and O–H groups in total. The van der Waals surface area contributed by atoms with Crippen LogP contribution in [-0.4, -0.2) is 23.4 Å².